The van der Waals surface area contributed by atoms with Gasteiger partial charge in [-0.1, -0.05) is 11.8 Å². The zero-order valence-electron chi connectivity index (χ0n) is 10.2. The van der Waals surface area contributed by atoms with Crippen molar-refractivity contribution in [1.82, 2.24) is 9.55 Å². The Bertz CT molecular complexity index is 673. The number of carbonyl (C=O) groups is 1. The molecular weight excluding hydrogens is 293 g/mol. The summed E-state index contributed by atoms with van der Waals surface area (Å²) in [5.41, 5.74) is 0.277. The standard InChI is InChI=1S/C12H9F3N2O2S/c1-6-4-17(12(16-6)20-5-11(18)19)10-3-8(14)7(13)2-9(10)15/h2-4H,5H2,1H3,(H,18,19). The third-order valence-electron chi connectivity index (χ3n) is 2.37. The number of carboxylic acid groups (broad SMARTS) is 1. The predicted octanol–water partition coefficient (Wildman–Crippen LogP) is 2.77. The number of thioether (sulfide) groups is 1. The summed E-state index contributed by atoms with van der Waals surface area (Å²) in [6.45, 7) is 1.62. The van der Waals surface area contributed by atoms with Crippen LogP contribution >= 0.6 is 11.8 Å². The van der Waals surface area contributed by atoms with E-state index in [-0.39, 0.29) is 16.6 Å². The Hall–Kier alpha value is -1.96. The molecule has 2 aromatic rings. The van der Waals surface area contributed by atoms with E-state index in [4.69, 9.17) is 5.11 Å². The van der Waals surface area contributed by atoms with E-state index >= 15 is 0 Å². The van der Waals surface area contributed by atoms with Crippen LogP contribution in [0.5, 0.6) is 0 Å². The average molecular weight is 302 g/mol. The number of aryl methyl sites for hydroxylation is 1. The van der Waals surface area contributed by atoms with Gasteiger partial charge < -0.3 is 5.11 Å². The van der Waals surface area contributed by atoms with Crippen LogP contribution in [0.15, 0.2) is 23.5 Å². The number of hydrogen-bond donors (Lipinski definition) is 1. The Morgan fingerprint density at radius 2 is 1.95 bits per heavy atom. The SMILES string of the molecule is Cc1cn(-c2cc(F)c(F)cc2F)c(SCC(=O)O)n1. The predicted molar refractivity (Wildman–Crippen MR) is 66.5 cm³/mol. The topological polar surface area (TPSA) is 55.1 Å². The molecule has 0 amide bonds. The minimum absolute atomic E-state index is 0.190. The molecule has 0 atom stereocenters. The molecule has 1 N–H and O–H groups in total. The van der Waals surface area contributed by atoms with Crippen LogP contribution in [0.4, 0.5) is 13.2 Å². The molecule has 0 saturated carbocycles. The van der Waals surface area contributed by atoms with Gasteiger partial charge in [0, 0.05) is 18.3 Å². The highest BCUT2D eigenvalue weighted by Gasteiger charge is 2.16. The van der Waals surface area contributed by atoms with Gasteiger partial charge in [-0.05, 0) is 6.92 Å². The maximum absolute atomic E-state index is 13.7. The Balaban J connectivity index is 2.47. The first kappa shape index (κ1) is 14.4. The van der Waals surface area contributed by atoms with E-state index in [2.05, 4.69) is 4.98 Å². The van der Waals surface area contributed by atoms with Gasteiger partial charge in [0.2, 0.25) is 0 Å². The first-order valence-corrected chi connectivity index (χ1v) is 6.42. The van der Waals surface area contributed by atoms with Crippen LogP contribution in [0, 0.1) is 24.4 Å². The summed E-state index contributed by atoms with van der Waals surface area (Å²) in [7, 11) is 0. The van der Waals surface area contributed by atoms with Gasteiger partial charge in [-0.15, -0.1) is 0 Å². The Kier molecular flexibility index (Phi) is 4.03. The molecule has 8 heteroatoms. The number of nitrogens with zero attached hydrogens (tertiary/aromatic N) is 2. The van der Waals surface area contributed by atoms with E-state index < -0.39 is 23.4 Å². The minimum atomic E-state index is -1.29. The van der Waals surface area contributed by atoms with Crippen molar-refractivity contribution in [3.8, 4) is 5.69 Å². The number of carboxylic acids is 1. The lowest BCUT2D eigenvalue weighted by Gasteiger charge is -2.08. The van der Waals surface area contributed by atoms with Crippen molar-refractivity contribution < 1.29 is 23.1 Å². The normalized spacial score (nSPS) is 10.8. The molecule has 0 radical (unpaired) electrons. The van der Waals surface area contributed by atoms with Crippen molar-refractivity contribution in [3.63, 3.8) is 0 Å². The lowest BCUT2D eigenvalue weighted by Crippen LogP contribution is -2.04. The van der Waals surface area contributed by atoms with Crippen LogP contribution in [0.2, 0.25) is 0 Å². The number of rotatable bonds is 4. The Morgan fingerprint density at radius 1 is 1.30 bits per heavy atom. The maximum Gasteiger partial charge on any atom is 0.313 e. The summed E-state index contributed by atoms with van der Waals surface area (Å²) in [6.07, 6.45) is 1.42. The summed E-state index contributed by atoms with van der Waals surface area (Å²) in [5, 5.41) is 8.83. The van der Waals surface area contributed by atoms with Crippen molar-refractivity contribution in [2.24, 2.45) is 0 Å². The van der Waals surface area contributed by atoms with Crippen molar-refractivity contribution in [3.05, 3.63) is 41.5 Å². The fourth-order valence-corrected chi connectivity index (χ4v) is 2.32. The quantitative estimate of drug-likeness (QED) is 0.697. The second-order valence-corrected chi connectivity index (χ2v) is 4.88. The van der Waals surface area contributed by atoms with Crippen molar-refractivity contribution in [1.29, 1.82) is 0 Å². The largest absolute Gasteiger partial charge is 0.481 e. The van der Waals surface area contributed by atoms with Gasteiger partial charge in [0.1, 0.15) is 5.82 Å². The van der Waals surface area contributed by atoms with Gasteiger partial charge in [-0.25, -0.2) is 18.2 Å². The van der Waals surface area contributed by atoms with E-state index in [0.29, 0.717) is 17.8 Å². The number of aliphatic carboxylic acids is 1. The molecule has 106 valence electrons. The summed E-state index contributed by atoms with van der Waals surface area (Å²) >= 11 is 0.859. The average Bonchev–Trinajstić information content (AvgIpc) is 2.72. The molecule has 20 heavy (non-hydrogen) atoms. The van der Waals surface area contributed by atoms with E-state index in [1.807, 2.05) is 0 Å². The van der Waals surface area contributed by atoms with Gasteiger partial charge in [0.25, 0.3) is 0 Å². The van der Waals surface area contributed by atoms with E-state index in [0.717, 1.165) is 11.8 Å². The molecule has 4 nitrogen and oxygen atoms in total. The van der Waals surface area contributed by atoms with Gasteiger partial charge >= 0.3 is 5.97 Å². The minimum Gasteiger partial charge on any atom is -0.481 e. The molecule has 2 rings (SSSR count). The highest BCUT2D eigenvalue weighted by molar-refractivity contribution is 7.99. The molecular formula is C12H9F3N2O2S. The number of benzene rings is 1. The second-order valence-electron chi connectivity index (χ2n) is 3.94. The molecule has 0 aliphatic heterocycles. The molecule has 0 spiro atoms. The molecule has 0 aliphatic rings. The van der Waals surface area contributed by atoms with E-state index in [1.165, 1.54) is 10.8 Å². The Labute approximate surface area is 116 Å². The first-order valence-electron chi connectivity index (χ1n) is 5.44. The highest BCUT2D eigenvalue weighted by atomic mass is 32.2. The fourth-order valence-electron chi connectivity index (χ4n) is 1.57. The summed E-state index contributed by atoms with van der Waals surface area (Å²) in [5.74, 6) is -4.78. The van der Waals surface area contributed by atoms with Crippen LogP contribution in [-0.2, 0) is 4.79 Å². The zero-order valence-corrected chi connectivity index (χ0v) is 11.0. The molecule has 0 bridgehead atoms. The lowest BCUT2D eigenvalue weighted by molar-refractivity contribution is -0.133. The summed E-state index contributed by atoms with van der Waals surface area (Å²) < 4.78 is 41.1. The van der Waals surface area contributed by atoms with Crippen LogP contribution in [-0.4, -0.2) is 26.4 Å². The van der Waals surface area contributed by atoms with Gasteiger partial charge in [-0.3, -0.25) is 9.36 Å². The van der Waals surface area contributed by atoms with Crippen molar-refractivity contribution >= 4 is 17.7 Å². The highest BCUT2D eigenvalue weighted by Crippen LogP contribution is 2.25. The molecule has 1 aromatic carbocycles. The smallest absolute Gasteiger partial charge is 0.313 e. The molecule has 1 aromatic heterocycles. The molecule has 0 saturated heterocycles. The molecule has 0 aliphatic carbocycles. The number of aromatic nitrogens is 2. The van der Waals surface area contributed by atoms with Crippen LogP contribution < -0.4 is 0 Å². The fraction of sp³-hybridized carbons (Fsp3) is 0.167. The first-order chi connectivity index (χ1) is 9.38. The zero-order chi connectivity index (χ0) is 14.9. The van der Waals surface area contributed by atoms with Gasteiger partial charge in [-0.2, -0.15) is 0 Å². The molecule has 0 unspecified atom stereocenters. The number of imidazole rings is 1. The summed E-state index contributed by atoms with van der Waals surface area (Å²) in [6, 6.07) is 1.14. The van der Waals surface area contributed by atoms with E-state index in [9.17, 15) is 18.0 Å². The van der Waals surface area contributed by atoms with Gasteiger partial charge in [0.05, 0.1) is 17.1 Å². The second kappa shape index (κ2) is 5.58. The van der Waals surface area contributed by atoms with Crippen molar-refractivity contribution in [2.45, 2.75) is 12.1 Å². The number of hydrogen-bond acceptors (Lipinski definition) is 3. The molecule has 1 heterocycles. The summed E-state index contributed by atoms with van der Waals surface area (Å²) in [4.78, 5) is 14.6. The monoisotopic (exact) mass is 302 g/mol. The van der Waals surface area contributed by atoms with Crippen LogP contribution in [0.3, 0.4) is 0 Å². The van der Waals surface area contributed by atoms with Gasteiger partial charge in [0.15, 0.2) is 16.8 Å². The maximum atomic E-state index is 13.7. The van der Waals surface area contributed by atoms with Crippen LogP contribution in [0.1, 0.15) is 5.69 Å². The lowest BCUT2D eigenvalue weighted by atomic mass is 10.3. The van der Waals surface area contributed by atoms with Crippen LogP contribution in [0.25, 0.3) is 5.69 Å². The number of halogens is 3. The third-order valence-corrected chi connectivity index (χ3v) is 3.31. The third kappa shape index (κ3) is 2.96. The Morgan fingerprint density at radius 3 is 2.60 bits per heavy atom. The molecule has 0 fully saturated rings. The van der Waals surface area contributed by atoms with Crippen molar-refractivity contribution in [2.75, 3.05) is 5.75 Å². The van der Waals surface area contributed by atoms with E-state index in [1.54, 1.807) is 6.92 Å².